The number of carbonyl (C=O) groups excluding carboxylic acids is 2. The molecule has 0 unspecified atom stereocenters. The summed E-state index contributed by atoms with van der Waals surface area (Å²) in [5, 5.41) is 3.01. The van der Waals surface area contributed by atoms with E-state index in [4.69, 9.17) is 5.73 Å². The summed E-state index contributed by atoms with van der Waals surface area (Å²) >= 11 is 0. The van der Waals surface area contributed by atoms with Crippen molar-refractivity contribution in [3.63, 3.8) is 0 Å². The van der Waals surface area contributed by atoms with E-state index in [2.05, 4.69) is 20.2 Å². The Labute approximate surface area is 146 Å². The van der Waals surface area contributed by atoms with Crippen molar-refractivity contribution in [1.82, 2.24) is 20.2 Å². The van der Waals surface area contributed by atoms with Gasteiger partial charge in [0.25, 0.3) is 5.91 Å². The minimum atomic E-state index is -0.555. The predicted octanol–water partition coefficient (Wildman–Crippen LogP) is 0.970. The molecule has 130 valence electrons. The third-order valence-corrected chi connectivity index (χ3v) is 4.36. The first kappa shape index (κ1) is 17.0. The normalized spacial score (nSPS) is 15.7. The van der Waals surface area contributed by atoms with Gasteiger partial charge < -0.3 is 11.1 Å². The largest absolute Gasteiger partial charge is 0.366 e. The second-order valence-corrected chi connectivity index (χ2v) is 6.18. The average Bonchev–Trinajstić information content (AvgIpc) is 2.64. The minimum Gasteiger partial charge on any atom is -0.366 e. The number of hydrogen-bond acceptors (Lipinski definition) is 5. The van der Waals surface area contributed by atoms with E-state index in [0.717, 1.165) is 32.5 Å². The maximum Gasteiger partial charge on any atom is 0.270 e. The fourth-order valence-electron chi connectivity index (χ4n) is 2.92. The Morgan fingerprint density at radius 2 is 1.88 bits per heavy atom. The highest BCUT2D eigenvalue weighted by molar-refractivity contribution is 5.95. The topological polar surface area (TPSA) is 101 Å². The van der Waals surface area contributed by atoms with Gasteiger partial charge in [-0.2, -0.15) is 0 Å². The second-order valence-electron chi connectivity index (χ2n) is 6.18. The van der Waals surface area contributed by atoms with Gasteiger partial charge in [0.1, 0.15) is 5.69 Å². The number of likely N-dealkylation sites (tertiary alicyclic amines) is 1. The van der Waals surface area contributed by atoms with E-state index in [-0.39, 0.29) is 11.9 Å². The van der Waals surface area contributed by atoms with Gasteiger partial charge in [-0.1, -0.05) is 0 Å². The van der Waals surface area contributed by atoms with E-state index in [1.54, 1.807) is 12.4 Å². The number of piperidine rings is 1. The van der Waals surface area contributed by atoms with E-state index >= 15 is 0 Å². The number of amides is 2. The standard InChI is InChI=1S/C18H21N5O2/c19-17(24)14-1-2-16(21-11-14)18(25)22-15-5-9-23(10-6-15)12-13-3-7-20-8-4-13/h1-4,7-8,11,15H,5-6,9-10,12H2,(H2,19,24)(H,22,25). The summed E-state index contributed by atoms with van der Waals surface area (Å²) in [4.78, 5) is 33.7. The van der Waals surface area contributed by atoms with Crippen molar-refractivity contribution in [3.05, 3.63) is 59.7 Å². The van der Waals surface area contributed by atoms with Gasteiger partial charge in [0.2, 0.25) is 5.91 Å². The SMILES string of the molecule is NC(=O)c1ccc(C(=O)NC2CCN(Cc3ccncc3)CC2)nc1. The zero-order valence-electron chi connectivity index (χ0n) is 13.9. The number of carbonyl (C=O) groups is 2. The Bertz CT molecular complexity index is 725. The van der Waals surface area contributed by atoms with E-state index in [1.807, 2.05) is 12.1 Å². The molecule has 1 aliphatic heterocycles. The highest BCUT2D eigenvalue weighted by atomic mass is 16.2. The number of hydrogen-bond donors (Lipinski definition) is 2. The summed E-state index contributed by atoms with van der Waals surface area (Å²) in [5.41, 5.74) is 7.00. The predicted molar refractivity (Wildman–Crippen MR) is 92.8 cm³/mol. The van der Waals surface area contributed by atoms with Gasteiger partial charge >= 0.3 is 0 Å². The van der Waals surface area contributed by atoms with Gasteiger partial charge in [-0.3, -0.25) is 24.5 Å². The molecular weight excluding hydrogens is 318 g/mol. The Hall–Kier alpha value is -2.80. The van der Waals surface area contributed by atoms with Crippen molar-refractivity contribution in [2.75, 3.05) is 13.1 Å². The third kappa shape index (κ3) is 4.60. The summed E-state index contributed by atoms with van der Waals surface area (Å²) in [6.07, 6.45) is 6.73. The number of nitrogens with two attached hydrogens (primary N) is 1. The second kappa shape index (κ2) is 7.85. The maximum atomic E-state index is 12.3. The average molecular weight is 339 g/mol. The van der Waals surface area contributed by atoms with Crippen LogP contribution < -0.4 is 11.1 Å². The van der Waals surface area contributed by atoms with E-state index in [1.165, 1.54) is 23.9 Å². The summed E-state index contributed by atoms with van der Waals surface area (Å²) in [6.45, 7) is 2.77. The quantitative estimate of drug-likeness (QED) is 0.845. The molecule has 0 atom stereocenters. The highest BCUT2D eigenvalue weighted by Crippen LogP contribution is 2.14. The molecule has 3 N–H and O–H groups in total. The number of primary amides is 1. The van der Waals surface area contributed by atoms with E-state index in [9.17, 15) is 9.59 Å². The molecule has 2 aromatic rings. The molecule has 3 rings (SSSR count). The molecule has 0 radical (unpaired) electrons. The van der Waals surface area contributed by atoms with Gasteiger partial charge in [-0.15, -0.1) is 0 Å². The Balaban J connectivity index is 1.48. The van der Waals surface area contributed by atoms with Gasteiger partial charge in [-0.05, 0) is 42.7 Å². The summed E-state index contributed by atoms with van der Waals surface area (Å²) < 4.78 is 0. The first-order valence-electron chi connectivity index (χ1n) is 8.30. The number of nitrogens with zero attached hydrogens (tertiary/aromatic N) is 3. The Kier molecular flexibility index (Phi) is 5.35. The van der Waals surface area contributed by atoms with Crippen molar-refractivity contribution >= 4 is 11.8 Å². The molecule has 0 aromatic carbocycles. The van der Waals surface area contributed by atoms with Crippen molar-refractivity contribution in [3.8, 4) is 0 Å². The molecule has 3 heterocycles. The molecule has 1 fully saturated rings. The summed E-state index contributed by atoms with van der Waals surface area (Å²) in [6, 6.07) is 7.22. The van der Waals surface area contributed by atoms with Gasteiger partial charge in [0.05, 0.1) is 5.56 Å². The van der Waals surface area contributed by atoms with Crippen LogP contribution in [-0.4, -0.2) is 45.8 Å². The summed E-state index contributed by atoms with van der Waals surface area (Å²) in [5.74, 6) is -0.773. The zero-order chi connectivity index (χ0) is 17.6. The lowest BCUT2D eigenvalue weighted by atomic mass is 10.0. The number of pyridine rings is 2. The molecular formula is C18H21N5O2. The van der Waals surface area contributed by atoms with Crippen LogP contribution in [0.4, 0.5) is 0 Å². The fraction of sp³-hybridized carbons (Fsp3) is 0.333. The molecule has 2 aromatic heterocycles. The highest BCUT2D eigenvalue weighted by Gasteiger charge is 2.21. The molecule has 7 heteroatoms. The monoisotopic (exact) mass is 339 g/mol. The van der Waals surface area contributed by atoms with E-state index in [0.29, 0.717) is 11.3 Å². The van der Waals surface area contributed by atoms with Gasteiger partial charge in [0.15, 0.2) is 0 Å². The Morgan fingerprint density at radius 1 is 1.16 bits per heavy atom. The molecule has 1 saturated heterocycles. The lowest BCUT2D eigenvalue weighted by Gasteiger charge is -2.32. The van der Waals surface area contributed by atoms with Crippen LogP contribution in [0.15, 0.2) is 42.9 Å². The van der Waals surface area contributed by atoms with Crippen molar-refractivity contribution in [2.24, 2.45) is 5.73 Å². The van der Waals surface area contributed by atoms with Crippen LogP contribution in [0.1, 0.15) is 39.3 Å². The van der Waals surface area contributed by atoms with Crippen molar-refractivity contribution < 1.29 is 9.59 Å². The van der Waals surface area contributed by atoms with Crippen LogP contribution >= 0.6 is 0 Å². The van der Waals surface area contributed by atoms with Crippen LogP contribution in [-0.2, 0) is 6.54 Å². The lowest BCUT2D eigenvalue weighted by Crippen LogP contribution is -2.44. The molecule has 0 bridgehead atoms. The number of rotatable bonds is 5. The molecule has 7 nitrogen and oxygen atoms in total. The number of nitrogens with one attached hydrogen (secondary N) is 1. The fourth-order valence-corrected chi connectivity index (χ4v) is 2.92. The first-order valence-corrected chi connectivity index (χ1v) is 8.30. The van der Waals surface area contributed by atoms with Crippen LogP contribution in [0.3, 0.4) is 0 Å². The van der Waals surface area contributed by atoms with Crippen LogP contribution in [0.25, 0.3) is 0 Å². The van der Waals surface area contributed by atoms with Crippen LogP contribution in [0.2, 0.25) is 0 Å². The smallest absolute Gasteiger partial charge is 0.270 e. The van der Waals surface area contributed by atoms with Gasteiger partial charge in [0, 0.05) is 44.3 Å². The zero-order valence-corrected chi connectivity index (χ0v) is 13.9. The van der Waals surface area contributed by atoms with E-state index < -0.39 is 5.91 Å². The van der Waals surface area contributed by atoms with Crippen LogP contribution in [0, 0.1) is 0 Å². The molecule has 0 spiro atoms. The van der Waals surface area contributed by atoms with Gasteiger partial charge in [-0.25, -0.2) is 0 Å². The Morgan fingerprint density at radius 3 is 2.48 bits per heavy atom. The molecule has 25 heavy (non-hydrogen) atoms. The number of aromatic nitrogens is 2. The minimum absolute atomic E-state index is 0.138. The molecule has 0 aliphatic carbocycles. The van der Waals surface area contributed by atoms with Crippen LogP contribution in [0.5, 0.6) is 0 Å². The van der Waals surface area contributed by atoms with Crippen molar-refractivity contribution in [1.29, 1.82) is 0 Å². The third-order valence-electron chi connectivity index (χ3n) is 4.36. The lowest BCUT2D eigenvalue weighted by molar-refractivity contribution is 0.0902. The maximum absolute atomic E-state index is 12.3. The van der Waals surface area contributed by atoms with Crippen molar-refractivity contribution in [2.45, 2.75) is 25.4 Å². The molecule has 1 aliphatic rings. The molecule has 2 amide bonds. The summed E-state index contributed by atoms with van der Waals surface area (Å²) in [7, 11) is 0. The molecule has 0 saturated carbocycles. The first-order chi connectivity index (χ1) is 12.1.